The third-order valence-electron chi connectivity index (χ3n) is 3.75. The van der Waals surface area contributed by atoms with E-state index in [2.05, 4.69) is 36.6 Å². The molecule has 0 atom stereocenters. The van der Waals surface area contributed by atoms with Crippen molar-refractivity contribution < 1.29 is 14.1 Å². The van der Waals surface area contributed by atoms with Crippen molar-refractivity contribution in [1.29, 1.82) is 0 Å². The molecule has 128 valence electrons. The van der Waals surface area contributed by atoms with Crippen LogP contribution in [-0.4, -0.2) is 23.5 Å². The lowest BCUT2D eigenvalue weighted by Crippen LogP contribution is -2.36. The highest BCUT2D eigenvalue weighted by Crippen LogP contribution is 2.22. The van der Waals surface area contributed by atoms with Gasteiger partial charge < -0.3 is 15.2 Å². The van der Waals surface area contributed by atoms with E-state index in [1.165, 1.54) is 6.26 Å². The van der Waals surface area contributed by atoms with Crippen LogP contribution in [0.4, 0.5) is 0 Å². The number of nitrogens with zero attached hydrogens (tertiary/aromatic N) is 1. The third-order valence-corrected chi connectivity index (χ3v) is 3.75. The monoisotopic (exact) mass is 329 g/mol. The van der Waals surface area contributed by atoms with E-state index in [1.807, 2.05) is 12.1 Å². The summed E-state index contributed by atoms with van der Waals surface area (Å²) in [6, 6.07) is 7.41. The molecule has 2 amide bonds. The fourth-order valence-electron chi connectivity index (χ4n) is 2.12. The van der Waals surface area contributed by atoms with Crippen LogP contribution >= 0.6 is 0 Å². The largest absolute Gasteiger partial charge is 0.364 e. The zero-order chi connectivity index (χ0) is 17.7. The maximum atomic E-state index is 12.1. The molecule has 0 radical (unpaired) electrons. The van der Waals surface area contributed by atoms with E-state index in [-0.39, 0.29) is 23.8 Å². The lowest BCUT2D eigenvalue weighted by Gasteiger charge is -2.19. The van der Waals surface area contributed by atoms with Crippen LogP contribution in [0.25, 0.3) is 0 Å². The molecule has 1 aromatic carbocycles. The number of benzene rings is 1. The summed E-state index contributed by atoms with van der Waals surface area (Å²) in [5.74, 6) is -0.540. The average molecular weight is 329 g/mol. The summed E-state index contributed by atoms with van der Waals surface area (Å²) >= 11 is 0. The lowest BCUT2D eigenvalue weighted by atomic mass is 9.87. The molecular weight excluding hydrogens is 306 g/mol. The normalized spacial score (nSPS) is 11.2. The molecular formula is C18H23N3O3. The van der Waals surface area contributed by atoms with Crippen molar-refractivity contribution in [2.24, 2.45) is 0 Å². The molecule has 6 heteroatoms. The van der Waals surface area contributed by atoms with Crippen LogP contribution in [0.1, 0.15) is 48.0 Å². The molecule has 0 saturated carbocycles. The van der Waals surface area contributed by atoms with Gasteiger partial charge in [0.25, 0.3) is 5.91 Å². The van der Waals surface area contributed by atoms with Crippen molar-refractivity contribution in [2.75, 3.05) is 6.54 Å². The Morgan fingerprint density at radius 1 is 1.12 bits per heavy atom. The van der Waals surface area contributed by atoms with Crippen molar-refractivity contribution >= 4 is 11.8 Å². The SMILES string of the molecule is Cc1nocc1CNC(=O)CNC(=O)c1ccc(C(C)(C)C)cc1. The fraction of sp³-hybridized carbons (Fsp3) is 0.389. The third kappa shape index (κ3) is 4.68. The van der Waals surface area contributed by atoms with Gasteiger partial charge in [0, 0.05) is 17.7 Å². The van der Waals surface area contributed by atoms with Crippen LogP contribution in [0, 0.1) is 6.92 Å². The van der Waals surface area contributed by atoms with Gasteiger partial charge in [-0.2, -0.15) is 0 Å². The Kier molecular flexibility index (Phi) is 5.39. The van der Waals surface area contributed by atoms with Gasteiger partial charge in [-0.15, -0.1) is 0 Å². The number of aryl methyl sites for hydroxylation is 1. The number of carbonyl (C=O) groups is 2. The van der Waals surface area contributed by atoms with Gasteiger partial charge in [0.2, 0.25) is 5.91 Å². The number of aromatic nitrogens is 1. The Balaban J connectivity index is 1.82. The number of amides is 2. The summed E-state index contributed by atoms with van der Waals surface area (Å²) in [6.45, 7) is 8.39. The van der Waals surface area contributed by atoms with Crippen molar-refractivity contribution in [2.45, 2.75) is 39.7 Å². The molecule has 6 nitrogen and oxygen atoms in total. The molecule has 0 saturated heterocycles. The maximum Gasteiger partial charge on any atom is 0.251 e. The summed E-state index contributed by atoms with van der Waals surface area (Å²) in [4.78, 5) is 23.9. The topological polar surface area (TPSA) is 84.2 Å². The standard InChI is InChI=1S/C18H23N3O3/c1-12-14(11-24-21-12)9-19-16(22)10-20-17(23)13-5-7-15(8-6-13)18(2,3)4/h5-8,11H,9-10H2,1-4H3,(H,19,22)(H,20,23). The maximum absolute atomic E-state index is 12.1. The van der Waals surface area contributed by atoms with E-state index in [0.717, 1.165) is 16.8 Å². The van der Waals surface area contributed by atoms with Gasteiger partial charge in [0.15, 0.2) is 0 Å². The zero-order valence-corrected chi connectivity index (χ0v) is 14.5. The Hall–Kier alpha value is -2.63. The van der Waals surface area contributed by atoms with Crippen molar-refractivity contribution in [3.63, 3.8) is 0 Å². The molecule has 1 aromatic heterocycles. The van der Waals surface area contributed by atoms with Crippen LogP contribution < -0.4 is 10.6 Å². The first-order valence-electron chi connectivity index (χ1n) is 7.82. The second kappa shape index (κ2) is 7.29. The van der Waals surface area contributed by atoms with E-state index in [4.69, 9.17) is 4.52 Å². The predicted molar refractivity (Wildman–Crippen MR) is 90.6 cm³/mol. The van der Waals surface area contributed by atoms with E-state index in [0.29, 0.717) is 12.1 Å². The molecule has 0 aliphatic carbocycles. The number of hydrogen-bond donors (Lipinski definition) is 2. The smallest absolute Gasteiger partial charge is 0.251 e. The molecule has 2 aromatic rings. The van der Waals surface area contributed by atoms with Crippen LogP contribution in [-0.2, 0) is 16.8 Å². The average Bonchev–Trinajstić information content (AvgIpc) is 2.95. The highest BCUT2D eigenvalue weighted by Gasteiger charge is 2.14. The molecule has 24 heavy (non-hydrogen) atoms. The fourth-order valence-corrected chi connectivity index (χ4v) is 2.12. The summed E-state index contributed by atoms with van der Waals surface area (Å²) in [5, 5.41) is 9.06. The minimum absolute atomic E-state index is 0.0367. The Labute approximate surface area is 141 Å². The molecule has 0 unspecified atom stereocenters. The highest BCUT2D eigenvalue weighted by atomic mass is 16.5. The summed E-state index contributed by atoms with van der Waals surface area (Å²) in [5.41, 5.74) is 3.27. The van der Waals surface area contributed by atoms with Gasteiger partial charge in [-0.25, -0.2) is 0 Å². The van der Waals surface area contributed by atoms with Gasteiger partial charge in [-0.3, -0.25) is 9.59 Å². The van der Waals surface area contributed by atoms with Gasteiger partial charge in [0.1, 0.15) is 6.26 Å². The molecule has 0 fully saturated rings. The van der Waals surface area contributed by atoms with E-state index in [1.54, 1.807) is 19.1 Å². The molecule has 0 aliphatic rings. The van der Waals surface area contributed by atoms with Crippen LogP contribution in [0.15, 0.2) is 35.1 Å². The predicted octanol–water partition coefficient (Wildman–Crippen LogP) is 2.33. The minimum atomic E-state index is -0.272. The van der Waals surface area contributed by atoms with Gasteiger partial charge in [-0.1, -0.05) is 38.1 Å². The van der Waals surface area contributed by atoms with Crippen LogP contribution in [0.5, 0.6) is 0 Å². The second-order valence-electron chi connectivity index (χ2n) is 6.71. The first kappa shape index (κ1) is 17.7. The quantitative estimate of drug-likeness (QED) is 0.882. The number of carbonyl (C=O) groups excluding carboxylic acids is 2. The van der Waals surface area contributed by atoms with Crippen molar-refractivity contribution in [1.82, 2.24) is 15.8 Å². The Bertz CT molecular complexity index is 712. The summed E-state index contributed by atoms with van der Waals surface area (Å²) in [6.07, 6.45) is 1.49. The van der Waals surface area contributed by atoms with Crippen LogP contribution in [0.3, 0.4) is 0 Å². The van der Waals surface area contributed by atoms with Crippen molar-refractivity contribution in [3.8, 4) is 0 Å². The molecule has 0 spiro atoms. The summed E-state index contributed by atoms with van der Waals surface area (Å²) in [7, 11) is 0. The van der Waals surface area contributed by atoms with Gasteiger partial charge in [-0.05, 0) is 30.0 Å². The van der Waals surface area contributed by atoms with Crippen LogP contribution in [0.2, 0.25) is 0 Å². The number of nitrogens with one attached hydrogen (secondary N) is 2. The second-order valence-corrected chi connectivity index (χ2v) is 6.71. The number of rotatable bonds is 5. The zero-order valence-electron chi connectivity index (χ0n) is 14.5. The molecule has 2 rings (SSSR count). The first-order valence-corrected chi connectivity index (χ1v) is 7.82. The first-order chi connectivity index (χ1) is 11.3. The lowest BCUT2D eigenvalue weighted by molar-refractivity contribution is -0.120. The summed E-state index contributed by atoms with van der Waals surface area (Å²) < 4.78 is 4.80. The van der Waals surface area contributed by atoms with Crippen molar-refractivity contribution in [3.05, 3.63) is 52.9 Å². The molecule has 1 heterocycles. The Morgan fingerprint density at radius 3 is 2.33 bits per heavy atom. The van der Waals surface area contributed by atoms with E-state index in [9.17, 15) is 9.59 Å². The van der Waals surface area contributed by atoms with Gasteiger partial charge in [0.05, 0.1) is 12.2 Å². The van der Waals surface area contributed by atoms with E-state index >= 15 is 0 Å². The highest BCUT2D eigenvalue weighted by molar-refractivity contribution is 5.96. The van der Waals surface area contributed by atoms with E-state index < -0.39 is 0 Å². The minimum Gasteiger partial charge on any atom is -0.364 e. The van der Waals surface area contributed by atoms with Gasteiger partial charge >= 0.3 is 0 Å². The molecule has 0 aliphatic heterocycles. The Morgan fingerprint density at radius 2 is 1.79 bits per heavy atom. The molecule has 2 N–H and O–H groups in total. The molecule has 0 bridgehead atoms. The number of hydrogen-bond acceptors (Lipinski definition) is 4.